The molecule has 2 aromatic heterocycles. The Morgan fingerprint density at radius 3 is 1.05 bits per heavy atom. The number of carbonyl (C=O) groups is 3. The molecule has 2 aromatic rings. The highest BCUT2D eigenvalue weighted by Crippen LogP contribution is 1.86. The van der Waals surface area contributed by atoms with Crippen molar-refractivity contribution in [3.05, 3.63) is 17.5 Å². The zero-order chi connectivity index (χ0) is 16.7. The second kappa shape index (κ2) is 7.03. The van der Waals surface area contributed by atoms with Crippen molar-refractivity contribution in [3.63, 3.8) is 0 Å². The molecule has 0 bridgehead atoms. The van der Waals surface area contributed by atoms with Crippen LogP contribution in [0.4, 0.5) is 5.95 Å². The first-order chi connectivity index (χ1) is 10.3. The molecule has 0 radical (unpaired) electrons. The maximum atomic E-state index is 10.1. The fourth-order valence-electron chi connectivity index (χ4n) is 0.723. The van der Waals surface area contributed by atoms with Crippen molar-refractivity contribution in [2.45, 2.75) is 0 Å². The average Bonchev–Trinajstić information content (AvgIpc) is 2.48. The molecule has 15 nitrogen and oxygen atoms in total. The highest BCUT2D eigenvalue weighted by atomic mass is 16.4. The Bertz CT molecular complexity index is 654. The van der Waals surface area contributed by atoms with Gasteiger partial charge < -0.3 is 21.1 Å². The van der Waals surface area contributed by atoms with E-state index in [1.165, 1.54) is 0 Å². The van der Waals surface area contributed by atoms with E-state index in [1.54, 1.807) is 0 Å². The zero-order valence-corrected chi connectivity index (χ0v) is 10.2. The van der Waals surface area contributed by atoms with Gasteiger partial charge in [0.15, 0.2) is 0 Å². The first-order valence-electron chi connectivity index (χ1n) is 4.91. The van der Waals surface area contributed by atoms with Gasteiger partial charge in [0, 0.05) is 0 Å². The molecule has 0 aliphatic heterocycles. The summed E-state index contributed by atoms with van der Waals surface area (Å²) in [6.45, 7) is 0. The van der Waals surface area contributed by atoms with Crippen LogP contribution in [0.15, 0.2) is 0 Å². The number of aromatic nitrogens is 8. The monoisotopic (exact) mass is 311 g/mol. The van der Waals surface area contributed by atoms with Crippen molar-refractivity contribution in [1.29, 1.82) is 0 Å². The van der Waals surface area contributed by atoms with E-state index in [0.717, 1.165) is 0 Å². The molecule has 0 spiro atoms. The number of anilines is 1. The second-order valence-corrected chi connectivity index (χ2v) is 3.04. The molecule has 0 aromatic carbocycles. The molecule has 0 amide bonds. The van der Waals surface area contributed by atoms with Gasteiger partial charge in [0.2, 0.25) is 0 Å². The predicted molar refractivity (Wildman–Crippen MR) is 60.5 cm³/mol. The second-order valence-electron chi connectivity index (χ2n) is 3.04. The summed E-state index contributed by atoms with van der Waals surface area (Å²) in [5, 5.41) is 49.3. The minimum Gasteiger partial charge on any atom is -0.475 e. The van der Waals surface area contributed by atoms with Gasteiger partial charge in [-0.3, -0.25) is 0 Å². The molecule has 2 heterocycles. The Morgan fingerprint density at radius 1 is 0.591 bits per heavy atom. The zero-order valence-electron chi connectivity index (χ0n) is 10.2. The molecular weight excluding hydrogens is 306 g/mol. The van der Waals surface area contributed by atoms with Crippen molar-refractivity contribution < 1.29 is 29.7 Å². The number of rotatable bonds is 3. The van der Waals surface area contributed by atoms with E-state index in [1.807, 2.05) is 0 Å². The van der Waals surface area contributed by atoms with E-state index in [4.69, 9.17) is 21.1 Å². The van der Waals surface area contributed by atoms with Gasteiger partial charge in [0.25, 0.3) is 23.4 Å². The Labute approximate surface area is 118 Å². The third-order valence-corrected chi connectivity index (χ3v) is 1.55. The Hall–Kier alpha value is -3.91. The van der Waals surface area contributed by atoms with Crippen molar-refractivity contribution in [2.24, 2.45) is 0 Å². The number of hydrogen-bond donors (Lipinski definition) is 4. The van der Waals surface area contributed by atoms with Crippen LogP contribution in [0.3, 0.4) is 0 Å². The highest BCUT2D eigenvalue weighted by molar-refractivity contribution is 5.84. The molecule has 2 rings (SSSR count). The number of carboxylic acid groups (broad SMARTS) is 3. The molecule has 15 heteroatoms. The molecule has 5 N–H and O–H groups in total. The Kier molecular flexibility index (Phi) is 5.16. The van der Waals surface area contributed by atoms with Gasteiger partial charge in [-0.2, -0.15) is 0 Å². The maximum absolute atomic E-state index is 10.1. The fourth-order valence-corrected chi connectivity index (χ4v) is 0.723. The lowest BCUT2D eigenvalue weighted by molar-refractivity contribution is 0.0653. The van der Waals surface area contributed by atoms with E-state index in [-0.39, 0.29) is 5.95 Å². The van der Waals surface area contributed by atoms with Gasteiger partial charge >= 0.3 is 17.9 Å². The summed E-state index contributed by atoms with van der Waals surface area (Å²) >= 11 is 0. The summed E-state index contributed by atoms with van der Waals surface area (Å²) in [7, 11) is 0. The van der Waals surface area contributed by atoms with Gasteiger partial charge in [0.05, 0.1) is 0 Å². The van der Waals surface area contributed by atoms with Crippen molar-refractivity contribution in [1.82, 2.24) is 40.8 Å². The van der Waals surface area contributed by atoms with Gasteiger partial charge in [-0.05, 0) is 0 Å². The van der Waals surface area contributed by atoms with Gasteiger partial charge in [-0.15, -0.1) is 40.8 Å². The topological polar surface area (TPSA) is 241 Å². The molecule has 0 aliphatic rings. The fraction of sp³-hybridized carbons (Fsp3) is 0. The predicted octanol–water partition coefficient (Wildman–Crippen LogP) is -2.79. The lowest BCUT2D eigenvalue weighted by Gasteiger charge is -1.89. The normalized spacial score (nSPS) is 9.27. The minimum atomic E-state index is -1.41. The number of nitrogen functional groups attached to an aromatic ring is 1. The summed E-state index contributed by atoms with van der Waals surface area (Å²) in [5.74, 6) is -5.99. The third kappa shape index (κ3) is 4.64. The van der Waals surface area contributed by atoms with Crippen LogP contribution < -0.4 is 5.73 Å². The van der Waals surface area contributed by atoms with E-state index in [2.05, 4.69) is 40.8 Å². The summed E-state index contributed by atoms with van der Waals surface area (Å²) in [5.41, 5.74) is 4.99. The largest absolute Gasteiger partial charge is 0.475 e. The minimum absolute atomic E-state index is 0.148. The van der Waals surface area contributed by atoms with Gasteiger partial charge in [-0.25, -0.2) is 14.4 Å². The van der Waals surface area contributed by atoms with Crippen LogP contribution in [0, 0.1) is 0 Å². The molecule has 0 atom stereocenters. The number of carboxylic acids is 3. The molecule has 0 fully saturated rings. The van der Waals surface area contributed by atoms with Crippen LogP contribution in [-0.2, 0) is 0 Å². The number of nitrogens with zero attached hydrogens (tertiary/aromatic N) is 8. The van der Waals surface area contributed by atoms with E-state index < -0.39 is 35.4 Å². The summed E-state index contributed by atoms with van der Waals surface area (Å²) in [6.07, 6.45) is 0. The quantitative estimate of drug-likeness (QED) is 0.447. The third-order valence-electron chi connectivity index (χ3n) is 1.55. The van der Waals surface area contributed by atoms with Gasteiger partial charge in [0.1, 0.15) is 0 Å². The lowest BCUT2D eigenvalue weighted by atomic mass is 10.6. The van der Waals surface area contributed by atoms with E-state index in [0.29, 0.717) is 0 Å². The lowest BCUT2D eigenvalue weighted by Crippen LogP contribution is -2.13. The van der Waals surface area contributed by atoms with Crippen LogP contribution in [0.5, 0.6) is 0 Å². The summed E-state index contributed by atoms with van der Waals surface area (Å²) in [6, 6.07) is 0. The van der Waals surface area contributed by atoms with E-state index in [9.17, 15) is 14.4 Å². The molecule has 22 heavy (non-hydrogen) atoms. The standard InChI is InChI=1S/C4H2N4O4.C3H3N5O2/c9-3(10)1-5-7-2(4(11)12)8-6-1;4-3-7-5-1(2(9)10)6-8-3/h(H,9,10)(H,11,12);(H,9,10)(H2,4,7,8). The molecule has 0 aliphatic carbocycles. The Balaban J connectivity index is 0.000000224. The van der Waals surface area contributed by atoms with Gasteiger partial charge in [-0.1, -0.05) is 0 Å². The molecule has 0 saturated heterocycles. The SMILES string of the molecule is Nc1nnc(C(=O)O)nn1.O=C(O)c1nnc(C(=O)O)nn1. The number of nitrogens with two attached hydrogens (primary N) is 1. The highest BCUT2D eigenvalue weighted by Gasteiger charge is 2.12. The van der Waals surface area contributed by atoms with Crippen LogP contribution >= 0.6 is 0 Å². The maximum Gasteiger partial charge on any atom is 0.377 e. The summed E-state index contributed by atoms with van der Waals surface area (Å²) in [4.78, 5) is 30.3. The first kappa shape index (κ1) is 16.1. The van der Waals surface area contributed by atoms with Crippen LogP contribution in [-0.4, -0.2) is 74.0 Å². The first-order valence-corrected chi connectivity index (χ1v) is 4.91. The van der Waals surface area contributed by atoms with E-state index >= 15 is 0 Å². The summed E-state index contributed by atoms with van der Waals surface area (Å²) < 4.78 is 0. The number of hydrogen-bond acceptors (Lipinski definition) is 12. The molecule has 0 unspecified atom stereocenters. The average molecular weight is 311 g/mol. The molecular formula is C7H5N9O6. The van der Waals surface area contributed by atoms with Crippen LogP contribution in [0.1, 0.15) is 31.9 Å². The van der Waals surface area contributed by atoms with Crippen molar-refractivity contribution in [3.8, 4) is 0 Å². The van der Waals surface area contributed by atoms with Crippen LogP contribution in [0.2, 0.25) is 0 Å². The smallest absolute Gasteiger partial charge is 0.377 e. The van der Waals surface area contributed by atoms with Crippen molar-refractivity contribution in [2.75, 3.05) is 5.73 Å². The van der Waals surface area contributed by atoms with Crippen LogP contribution in [0.25, 0.3) is 0 Å². The number of aromatic carboxylic acids is 3. The van der Waals surface area contributed by atoms with Crippen molar-refractivity contribution >= 4 is 23.9 Å². The Morgan fingerprint density at radius 2 is 0.818 bits per heavy atom. The molecule has 0 saturated carbocycles. The molecule has 114 valence electrons.